The van der Waals surface area contributed by atoms with Gasteiger partial charge >= 0.3 is 11.9 Å². The number of benzene rings is 1. The van der Waals surface area contributed by atoms with Crippen molar-refractivity contribution < 1.29 is 33.9 Å². The minimum absolute atomic E-state index is 0.0364. The summed E-state index contributed by atoms with van der Waals surface area (Å²) in [5, 5.41) is 21.3. The van der Waals surface area contributed by atoms with E-state index in [2.05, 4.69) is 4.99 Å². The summed E-state index contributed by atoms with van der Waals surface area (Å²) >= 11 is 0. The molecule has 1 aliphatic heterocycles. The van der Waals surface area contributed by atoms with E-state index in [0.717, 1.165) is 0 Å². The molecular formula is C22H26N4O9. The van der Waals surface area contributed by atoms with Crippen molar-refractivity contribution in [1.82, 2.24) is 0 Å². The summed E-state index contributed by atoms with van der Waals surface area (Å²) in [6.07, 6.45) is 0.219. The largest absolute Gasteiger partial charge is 0.465 e. The highest BCUT2D eigenvalue weighted by molar-refractivity contribution is 6.06. The Hall–Kier alpha value is -4.03. The van der Waals surface area contributed by atoms with E-state index < -0.39 is 46.0 Å². The number of nitro groups is 1. The normalized spacial score (nSPS) is 24.2. The second-order valence-electron chi connectivity index (χ2n) is 8.19. The summed E-state index contributed by atoms with van der Waals surface area (Å²) in [6.45, 7) is 3.14. The van der Waals surface area contributed by atoms with Crippen molar-refractivity contribution in [3.63, 3.8) is 0 Å². The molecule has 35 heavy (non-hydrogen) atoms. The smallest absolute Gasteiger partial charge is 0.336 e. The van der Waals surface area contributed by atoms with E-state index in [1.54, 1.807) is 6.92 Å². The summed E-state index contributed by atoms with van der Waals surface area (Å²) in [7, 11) is 0. The first-order chi connectivity index (χ1) is 16.6. The van der Waals surface area contributed by atoms with Crippen molar-refractivity contribution in [2.45, 2.75) is 57.7 Å². The molecule has 0 saturated heterocycles. The number of non-ortho nitro benzene ring substituents is 1. The molecule has 1 aromatic carbocycles. The van der Waals surface area contributed by atoms with Crippen LogP contribution in [0.25, 0.3) is 0 Å². The molecule has 4 atom stereocenters. The second-order valence-corrected chi connectivity index (χ2v) is 8.19. The Kier molecular flexibility index (Phi) is 7.99. The maximum Gasteiger partial charge on any atom is 0.336 e. The van der Waals surface area contributed by atoms with E-state index in [9.17, 15) is 29.8 Å². The number of hydrogen-bond donors (Lipinski definition) is 1. The van der Waals surface area contributed by atoms with Crippen molar-refractivity contribution in [2.24, 2.45) is 16.6 Å². The van der Waals surface area contributed by atoms with Gasteiger partial charge in [-0.1, -0.05) is 18.6 Å². The average Bonchev–Trinajstić information content (AvgIpc) is 2.79. The molecule has 13 nitrogen and oxygen atoms in total. The number of carbonyl (C=O) groups excluding carboxylic acids is 2. The van der Waals surface area contributed by atoms with Gasteiger partial charge in [0.15, 0.2) is 0 Å². The van der Waals surface area contributed by atoms with Crippen LogP contribution in [0.4, 0.5) is 5.69 Å². The fraction of sp³-hybridized carbons (Fsp3) is 0.500. The molecule has 1 fully saturated rings. The SMILES string of the molecule is CCOC(=O)C1C(N)=NC(C)=C(C(=O)OC2CCCCC2O[N+](=O)[O-])C1c1cccc([N+](=O)[O-])c1. The fourth-order valence-corrected chi connectivity index (χ4v) is 4.47. The molecule has 1 aliphatic carbocycles. The number of nitrogens with zero attached hydrogens (tertiary/aromatic N) is 3. The number of hydrogen-bond acceptors (Lipinski definition) is 11. The molecule has 0 aromatic heterocycles. The van der Waals surface area contributed by atoms with Gasteiger partial charge in [0.05, 0.1) is 22.8 Å². The average molecular weight is 490 g/mol. The van der Waals surface area contributed by atoms with Gasteiger partial charge in [-0.15, -0.1) is 10.1 Å². The van der Waals surface area contributed by atoms with E-state index in [1.807, 2.05) is 0 Å². The lowest BCUT2D eigenvalue weighted by Gasteiger charge is -2.33. The number of carbonyl (C=O) groups is 2. The molecular weight excluding hydrogens is 464 g/mol. The van der Waals surface area contributed by atoms with Crippen LogP contribution in [0.2, 0.25) is 0 Å². The van der Waals surface area contributed by atoms with Gasteiger partial charge in [0.2, 0.25) is 0 Å². The van der Waals surface area contributed by atoms with E-state index in [-0.39, 0.29) is 35.0 Å². The van der Waals surface area contributed by atoms with Gasteiger partial charge in [-0.3, -0.25) is 14.9 Å². The molecule has 3 rings (SSSR count). The predicted octanol–water partition coefficient (Wildman–Crippen LogP) is 2.57. The first-order valence-electron chi connectivity index (χ1n) is 11.1. The van der Waals surface area contributed by atoms with Crippen LogP contribution in [0.15, 0.2) is 40.5 Å². The number of nitro benzene ring substituents is 1. The molecule has 0 radical (unpaired) electrons. The molecule has 0 amide bonds. The van der Waals surface area contributed by atoms with Gasteiger partial charge in [-0.2, -0.15) is 0 Å². The molecule has 188 valence electrons. The van der Waals surface area contributed by atoms with Crippen molar-refractivity contribution >= 4 is 23.5 Å². The van der Waals surface area contributed by atoms with Crippen LogP contribution < -0.4 is 5.73 Å². The van der Waals surface area contributed by atoms with E-state index in [1.165, 1.54) is 31.2 Å². The third kappa shape index (κ3) is 5.73. The Bertz CT molecular complexity index is 1080. The molecule has 2 aliphatic rings. The molecule has 1 aromatic rings. The minimum atomic E-state index is -1.24. The third-order valence-corrected chi connectivity index (χ3v) is 5.97. The van der Waals surface area contributed by atoms with Crippen molar-refractivity contribution in [1.29, 1.82) is 0 Å². The first-order valence-corrected chi connectivity index (χ1v) is 11.1. The monoisotopic (exact) mass is 490 g/mol. The van der Waals surface area contributed by atoms with Crippen LogP contribution in [-0.4, -0.2) is 46.6 Å². The maximum atomic E-state index is 13.4. The van der Waals surface area contributed by atoms with E-state index in [0.29, 0.717) is 25.7 Å². The summed E-state index contributed by atoms with van der Waals surface area (Å²) in [6, 6.07) is 5.48. The molecule has 4 unspecified atom stereocenters. The van der Waals surface area contributed by atoms with Gasteiger partial charge < -0.3 is 20.0 Å². The summed E-state index contributed by atoms with van der Waals surface area (Å²) < 4.78 is 10.8. The Labute approximate surface area is 200 Å². The zero-order valence-electron chi connectivity index (χ0n) is 19.2. The van der Waals surface area contributed by atoms with Gasteiger partial charge in [0.1, 0.15) is 24.0 Å². The lowest BCUT2D eigenvalue weighted by atomic mass is 9.77. The standard InChI is InChI=1S/C22H26N4O9/c1-3-33-21(27)19-18(13-7-6-8-14(11-13)25(29)30)17(12(2)24-20(19)23)22(28)34-15-9-4-5-10-16(15)35-26(31)32/h6-8,11,15-16,18-19H,3-5,9-10H2,1-2H3,(H2,23,24). The number of rotatable bonds is 8. The summed E-state index contributed by atoms with van der Waals surface area (Å²) in [5.74, 6) is -4.05. The second kappa shape index (κ2) is 10.9. The zero-order chi connectivity index (χ0) is 25.7. The van der Waals surface area contributed by atoms with Gasteiger partial charge in [-0.25, -0.2) is 9.79 Å². The topological polar surface area (TPSA) is 186 Å². The number of ether oxygens (including phenoxy) is 2. The highest BCUT2D eigenvalue weighted by Gasteiger charge is 2.44. The van der Waals surface area contributed by atoms with Crippen molar-refractivity contribution in [2.75, 3.05) is 6.61 Å². The van der Waals surface area contributed by atoms with Crippen LogP contribution >= 0.6 is 0 Å². The molecule has 1 heterocycles. The first kappa shape index (κ1) is 25.6. The van der Waals surface area contributed by atoms with Crippen LogP contribution in [-0.2, 0) is 23.9 Å². The molecule has 2 N–H and O–H groups in total. The van der Waals surface area contributed by atoms with Crippen molar-refractivity contribution in [3.8, 4) is 0 Å². The van der Waals surface area contributed by atoms with Crippen LogP contribution in [0.3, 0.4) is 0 Å². The van der Waals surface area contributed by atoms with E-state index in [4.69, 9.17) is 20.0 Å². The number of allylic oxidation sites excluding steroid dienone is 1. The maximum absolute atomic E-state index is 13.4. The van der Waals surface area contributed by atoms with Crippen LogP contribution in [0, 0.1) is 26.1 Å². The van der Waals surface area contributed by atoms with E-state index >= 15 is 0 Å². The third-order valence-electron chi connectivity index (χ3n) is 5.97. The van der Waals surface area contributed by atoms with Gasteiger partial charge in [-0.05, 0) is 38.7 Å². The summed E-state index contributed by atoms with van der Waals surface area (Å²) in [5.41, 5.74) is 6.22. The molecule has 0 spiro atoms. The molecule has 13 heteroatoms. The molecule has 1 saturated carbocycles. The van der Waals surface area contributed by atoms with Crippen molar-refractivity contribution in [3.05, 3.63) is 61.3 Å². The highest BCUT2D eigenvalue weighted by atomic mass is 17.0. The number of amidine groups is 1. The Morgan fingerprint density at radius 3 is 2.49 bits per heavy atom. The van der Waals surface area contributed by atoms with Crippen LogP contribution in [0.1, 0.15) is 51.0 Å². The zero-order valence-corrected chi connectivity index (χ0v) is 19.2. The molecule has 0 bridgehead atoms. The van der Waals surface area contributed by atoms with Gasteiger partial charge in [0, 0.05) is 18.1 Å². The Morgan fingerprint density at radius 2 is 1.86 bits per heavy atom. The predicted molar refractivity (Wildman–Crippen MR) is 120 cm³/mol. The minimum Gasteiger partial charge on any atom is -0.465 e. The lowest BCUT2D eigenvalue weighted by Crippen LogP contribution is -2.43. The number of esters is 2. The number of aliphatic imine (C=N–C) groups is 1. The number of nitrogens with two attached hydrogens (primary N) is 1. The highest BCUT2D eigenvalue weighted by Crippen LogP contribution is 2.41. The summed E-state index contributed by atoms with van der Waals surface area (Å²) in [4.78, 5) is 56.8. The van der Waals surface area contributed by atoms with Crippen LogP contribution in [0.5, 0.6) is 0 Å². The Morgan fingerprint density at radius 1 is 1.17 bits per heavy atom. The fourth-order valence-electron chi connectivity index (χ4n) is 4.47. The quantitative estimate of drug-likeness (QED) is 0.322. The lowest BCUT2D eigenvalue weighted by molar-refractivity contribution is -0.771. The Balaban J connectivity index is 2.04. The van der Waals surface area contributed by atoms with Gasteiger partial charge in [0.25, 0.3) is 10.8 Å².